The maximum Gasteiger partial charge on any atom is 0.160 e. The monoisotopic (exact) mass is 348 g/mol. The van der Waals surface area contributed by atoms with E-state index in [1.54, 1.807) is 0 Å². The van der Waals surface area contributed by atoms with E-state index in [-0.39, 0.29) is 18.3 Å². The first-order valence-corrected chi connectivity index (χ1v) is 8.95. The van der Waals surface area contributed by atoms with Gasteiger partial charge in [0.2, 0.25) is 0 Å². The van der Waals surface area contributed by atoms with Crippen molar-refractivity contribution in [2.75, 3.05) is 66.1 Å². The molecule has 0 spiro atoms. The van der Waals surface area contributed by atoms with Crippen LogP contribution in [-0.4, -0.2) is 71.9 Å². The van der Waals surface area contributed by atoms with Crippen molar-refractivity contribution in [3.05, 3.63) is 0 Å². The first-order chi connectivity index (χ1) is 11.5. The summed E-state index contributed by atoms with van der Waals surface area (Å²) in [5.74, 6) is 0.812. The molecule has 0 N–H and O–H groups in total. The number of carbonyl (C=O) groups is 1. The van der Waals surface area contributed by atoms with Crippen molar-refractivity contribution in [3.63, 3.8) is 0 Å². The van der Waals surface area contributed by atoms with Crippen LogP contribution in [0.3, 0.4) is 0 Å². The average molecular weight is 348 g/mol. The first kappa shape index (κ1) is 23.5. The van der Waals surface area contributed by atoms with Gasteiger partial charge in [-0.05, 0) is 12.3 Å². The predicted octanol–water partition coefficient (Wildman–Crippen LogP) is 2.34. The quantitative estimate of drug-likeness (QED) is 0.354. The average Bonchev–Trinajstić information content (AvgIpc) is 2.53. The number of hydrogen-bond donors (Lipinski definition) is 0. The molecule has 0 aliphatic carbocycles. The van der Waals surface area contributed by atoms with E-state index in [2.05, 4.69) is 13.8 Å². The molecule has 0 saturated carbocycles. The Balaban J connectivity index is 3.06. The second-order valence-electron chi connectivity index (χ2n) is 6.31. The zero-order valence-electron chi connectivity index (χ0n) is 15.9. The minimum atomic E-state index is 0.0214. The largest absolute Gasteiger partial charge is 0.379 e. The molecular formula is C18H36O6. The Morgan fingerprint density at radius 2 is 1.00 bits per heavy atom. The van der Waals surface area contributed by atoms with Gasteiger partial charge in [-0.3, -0.25) is 4.79 Å². The molecule has 0 rings (SSSR count). The summed E-state index contributed by atoms with van der Waals surface area (Å²) in [6.07, 6.45) is 1.09. The fourth-order valence-electron chi connectivity index (χ4n) is 1.54. The van der Waals surface area contributed by atoms with E-state index >= 15 is 0 Å². The molecule has 0 aromatic carbocycles. The summed E-state index contributed by atoms with van der Waals surface area (Å²) >= 11 is 0. The molecule has 0 saturated heterocycles. The van der Waals surface area contributed by atoms with Crippen LogP contribution in [0.25, 0.3) is 0 Å². The zero-order valence-corrected chi connectivity index (χ0v) is 15.9. The van der Waals surface area contributed by atoms with E-state index in [4.69, 9.17) is 23.7 Å². The summed E-state index contributed by atoms with van der Waals surface area (Å²) in [6.45, 7) is 13.3. The molecule has 0 aliphatic heterocycles. The zero-order chi connectivity index (χ0) is 18.0. The van der Waals surface area contributed by atoms with E-state index in [0.29, 0.717) is 58.8 Å². The van der Waals surface area contributed by atoms with Crippen LogP contribution in [-0.2, 0) is 28.5 Å². The maximum atomic E-state index is 11.3. The van der Waals surface area contributed by atoms with Crippen LogP contribution in [0.2, 0.25) is 0 Å². The molecule has 0 aromatic rings. The summed E-state index contributed by atoms with van der Waals surface area (Å²) in [5, 5.41) is 0. The Morgan fingerprint density at radius 1 is 0.625 bits per heavy atom. The predicted molar refractivity (Wildman–Crippen MR) is 93.4 cm³/mol. The fraction of sp³-hybridized carbons (Fsp3) is 0.944. The second kappa shape index (κ2) is 17.3. The van der Waals surface area contributed by atoms with Gasteiger partial charge >= 0.3 is 0 Å². The molecule has 144 valence electrons. The summed E-state index contributed by atoms with van der Waals surface area (Å²) in [4.78, 5) is 11.3. The van der Waals surface area contributed by atoms with Gasteiger partial charge in [-0.15, -0.1) is 0 Å². The highest BCUT2D eigenvalue weighted by atomic mass is 16.6. The molecule has 0 aliphatic rings. The summed E-state index contributed by atoms with van der Waals surface area (Å²) in [7, 11) is 0. The minimum absolute atomic E-state index is 0.0214. The van der Waals surface area contributed by atoms with Crippen molar-refractivity contribution < 1.29 is 28.5 Å². The molecule has 0 atom stereocenters. The fourth-order valence-corrected chi connectivity index (χ4v) is 1.54. The number of Topliss-reactive ketones (excluding diaryl/α,β-unsaturated/α-hetero) is 1. The van der Waals surface area contributed by atoms with Crippen LogP contribution < -0.4 is 0 Å². The van der Waals surface area contributed by atoms with Gasteiger partial charge in [0.05, 0.1) is 52.9 Å². The summed E-state index contributed by atoms with van der Waals surface area (Å²) in [5.41, 5.74) is 0. The molecule has 6 heteroatoms. The van der Waals surface area contributed by atoms with Gasteiger partial charge in [0, 0.05) is 12.5 Å². The maximum absolute atomic E-state index is 11.3. The molecular weight excluding hydrogens is 312 g/mol. The van der Waals surface area contributed by atoms with Gasteiger partial charge in [0.15, 0.2) is 5.78 Å². The first-order valence-electron chi connectivity index (χ1n) is 8.95. The third kappa shape index (κ3) is 17.8. The summed E-state index contributed by atoms with van der Waals surface area (Å²) in [6, 6.07) is 0. The van der Waals surface area contributed by atoms with Gasteiger partial charge < -0.3 is 23.7 Å². The van der Waals surface area contributed by atoms with Crippen LogP contribution in [0, 0.1) is 11.8 Å². The van der Waals surface area contributed by atoms with Crippen LogP contribution in [0.5, 0.6) is 0 Å². The van der Waals surface area contributed by atoms with Crippen molar-refractivity contribution in [1.29, 1.82) is 0 Å². The lowest BCUT2D eigenvalue weighted by Gasteiger charge is -2.08. The Kier molecular flexibility index (Phi) is 16.9. The topological polar surface area (TPSA) is 63.2 Å². The Bertz CT molecular complexity index is 281. The molecule has 0 radical (unpaired) electrons. The lowest BCUT2D eigenvalue weighted by molar-refractivity contribution is -0.127. The molecule has 0 unspecified atom stereocenters. The Labute approximate surface area is 147 Å². The van der Waals surface area contributed by atoms with E-state index in [9.17, 15) is 4.79 Å². The molecule has 0 amide bonds. The summed E-state index contributed by atoms with van der Waals surface area (Å²) < 4.78 is 26.8. The second-order valence-corrected chi connectivity index (χ2v) is 6.31. The lowest BCUT2D eigenvalue weighted by Crippen LogP contribution is -2.17. The van der Waals surface area contributed by atoms with Gasteiger partial charge in [-0.1, -0.05) is 27.7 Å². The number of ether oxygens (including phenoxy) is 5. The molecule has 0 fully saturated rings. The highest BCUT2D eigenvalue weighted by molar-refractivity contribution is 5.81. The molecule has 0 heterocycles. The SMILES string of the molecule is CC(C)CCOCCOCCOCCOCCOCC(=O)C(C)C. The van der Waals surface area contributed by atoms with Crippen molar-refractivity contribution in [3.8, 4) is 0 Å². The standard InChI is InChI=1S/C18H36O6/c1-16(2)5-6-20-7-8-21-9-10-22-11-12-23-13-14-24-15-18(19)17(3)4/h16-17H,5-15H2,1-4H3. The van der Waals surface area contributed by atoms with Crippen LogP contribution in [0.15, 0.2) is 0 Å². The van der Waals surface area contributed by atoms with Crippen LogP contribution in [0.4, 0.5) is 0 Å². The highest BCUT2D eigenvalue weighted by Gasteiger charge is 2.06. The van der Waals surface area contributed by atoms with Crippen LogP contribution >= 0.6 is 0 Å². The van der Waals surface area contributed by atoms with Gasteiger partial charge in [-0.25, -0.2) is 0 Å². The smallest absolute Gasteiger partial charge is 0.160 e. The van der Waals surface area contributed by atoms with E-state index in [1.165, 1.54) is 0 Å². The number of rotatable bonds is 18. The normalized spacial score (nSPS) is 11.6. The van der Waals surface area contributed by atoms with Crippen molar-refractivity contribution in [2.45, 2.75) is 34.1 Å². The van der Waals surface area contributed by atoms with E-state index < -0.39 is 0 Å². The minimum Gasteiger partial charge on any atom is -0.379 e. The van der Waals surface area contributed by atoms with Crippen molar-refractivity contribution in [2.24, 2.45) is 11.8 Å². The lowest BCUT2D eigenvalue weighted by atomic mass is 10.1. The van der Waals surface area contributed by atoms with Gasteiger partial charge in [-0.2, -0.15) is 0 Å². The van der Waals surface area contributed by atoms with Gasteiger partial charge in [0.25, 0.3) is 0 Å². The third-order valence-corrected chi connectivity index (χ3v) is 3.22. The molecule has 24 heavy (non-hydrogen) atoms. The Morgan fingerprint density at radius 3 is 1.38 bits per heavy atom. The van der Waals surface area contributed by atoms with Gasteiger partial charge in [0.1, 0.15) is 6.61 Å². The number of carbonyl (C=O) groups excluding carboxylic acids is 1. The van der Waals surface area contributed by atoms with E-state index in [0.717, 1.165) is 13.0 Å². The third-order valence-electron chi connectivity index (χ3n) is 3.22. The molecule has 6 nitrogen and oxygen atoms in total. The highest BCUT2D eigenvalue weighted by Crippen LogP contribution is 1.98. The van der Waals surface area contributed by atoms with Crippen LogP contribution in [0.1, 0.15) is 34.1 Å². The van der Waals surface area contributed by atoms with Crippen molar-refractivity contribution in [1.82, 2.24) is 0 Å². The Hall–Kier alpha value is -0.530. The van der Waals surface area contributed by atoms with Crippen molar-refractivity contribution >= 4 is 5.78 Å². The number of ketones is 1. The number of hydrogen-bond acceptors (Lipinski definition) is 6. The molecule has 0 bridgehead atoms. The van der Waals surface area contributed by atoms with E-state index in [1.807, 2.05) is 13.8 Å². The molecule has 0 aromatic heterocycles.